The number of hydrogen-bond donors (Lipinski definition) is 1. The zero-order valence-electron chi connectivity index (χ0n) is 13.8. The standard InChI is InChI=1S/C18H24N4O/c1-14-5-6-16-12-22(11-15-4-3-8-19-10-15)9-7-17(13-23)21(2)18(16)20-14/h3-6,8,10,17,23H,7,9,11-13H2,1-2H3/t17-/m0/s1. The summed E-state index contributed by atoms with van der Waals surface area (Å²) in [5, 5.41) is 9.75. The molecule has 1 aliphatic heterocycles. The van der Waals surface area contributed by atoms with Gasteiger partial charge in [-0.1, -0.05) is 12.1 Å². The van der Waals surface area contributed by atoms with Crippen molar-refractivity contribution < 1.29 is 5.11 Å². The van der Waals surface area contributed by atoms with Crippen molar-refractivity contribution in [2.24, 2.45) is 0 Å². The maximum absolute atomic E-state index is 9.75. The summed E-state index contributed by atoms with van der Waals surface area (Å²) < 4.78 is 0. The van der Waals surface area contributed by atoms with Crippen LogP contribution in [0.5, 0.6) is 0 Å². The average Bonchev–Trinajstić information content (AvgIpc) is 2.56. The Labute approximate surface area is 137 Å². The van der Waals surface area contributed by atoms with E-state index in [1.54, 1.807) is 6.20 Å². The zero-order chi connectivity index (χ0) is 16.2. The van der Waals surface area contributed by atoms with Gasteiger partial charge in [-0.15, -0.1) is 0 Å². The van der Waals surface area contributed by atoms with Crippen molar-refractivity contribution in [2.45, 2.75) is 32.5 Å². The van der Waals surface area contributed by atoms with Crippen molar-refractivity contribution in [3.8, 4) is 0 Å². The fourth-order valence-electron chi connectivity index (χ4n) is 3.12. The van der Waals surface area contributed by atoms with E-state index in [-0.39, 0.29) is 12.6 Å². The van der Waals surface area contributed by atoms with Gasteiger partial charge < -0.3 is 10.0 Å². The number of aryl methyl sites for hydroxylation is 1. The normalized spacial score (nSPS) is 19.1. The average molecular weight is 312 g/mol. The van der Waals surface area contributed by atoms with Crippen molar-refractivity contribution >= 4 is 5.82 Å². The number of nitrogens with zero attached hydrogens (tertiary/aromatic N) is 4. The monoisotopic (exact) mass is 312 g/mol. The second kappa shape index (κ2) is 7.06. The third-order valence-electron chi connectivity index (χ3n) is 4.49. The number of pyridine rings is 2. The minimum Gasteiger partial charge on any atom is -0.394 e. The molecule has 0 radical (unpaired) electrons. The summed E-state index contributed by atoms with van der Waals surface area (Å²) in [6.45, 7) is 4.82. The molecular formula is C18H24N4O. The van der Waals surface area contributed by atoms with Gasteiger partial charge in [0.15, 0.2) is 0 Å². The van der Waals surface area contributed by atoms with E-state index in [1.807, 2.05) is 26.2 Å². The highest BCUT2D eigenvalue weighted by Gasteiger charge is 2.23. The van der Waals surface area contributed by atoms with Crippen LogP contribution in [0.2, 0.25) is 0 Å². The number of likely N-dealkylation sites (N-methyl/N-ethyl adjacent to an activating group) is 1. The number of fused-ring (bicyclic) bond motifs is 1. The van der Waals surface area contributed by atoms with Crippen molar-refractivity contribution in [2.75, 3.05) is 25.1 Å². The van der Waals surface area contributed by atoms with Crippen molar-refractivity contribution in [3.05, 3.63) is 53.5 Å². The third kappa shape index (κ3) is 3.68. The Morgan fingerprint density at radius 3 is 2.91 bits per heavy atom. The predicted octanol–water partition coefficient (Wildman–Crippen LogP) is 1.99. The molecule has 2 aromatic rings. The molecule has 122 valence electrons. The van der Waals surface area contributed by atoms with E-state index >= 15 is 0 Å². The van der Waals surface area contributed by atoms with Crippen molar-refractivity contribution in [1.29, 1.82) is 0 Å². The maximum atomic E-state index is 9.75. The quantitative estimate of drug-likeness (QED) is 0.939. The van der Waals surface area contributed by atoms with Gasteiger partial charge >= 0.3 is 0 Å². The summed E-state index contributed by atoms with van der Waals surface area (Å²) in [6.07, 6.45) is 4.64. The fraction of sp³-hybridized carbons (Fsp3) is 0.444. The lowest BCUT2D eigenvalue weighted by Gasteiger charge is -2.35. The van der Waals surface area contributed by atoms with Crippen LogP contribution in [0.4, 0.5) is 5.82 Å². The minimum absolute atomic E-state index is 0.0970. The molecule has 0 aromatic carbocycles. The van der Waals surface area contributed by atoms with Crippen LogP contribution in [0.25, 0.3) is 0 Å². The SMILES string of the molecule is Cc1ccc2c(n1)N(C)[C@H](CO)CCN(Cc1cccnc1)C2. The molecule has 0 aliphatic carbocycles. The Morgan fingerprint density at radius 1 is 1.30 bits per heavy atom. The molecule has 1 atom stereocenters. The molecule has 0 bridgehead atoms. The highest BCUT2D eigenvalue weighted by Crippen LogP contribution is 2.25. The molecule has 0 saturated heterocycles. The van der Waals surface area contributed by atoms with E-state index in [4.69, 9.17) is 4.98 Å². The molecule has 3 heterocycles. The van der Waals surface area contributed by atoms with Gasteiger partial charge in [0.05, 0.1) is 12.6 Å². The van der Waals surface area contributed by atoms with Gasteiger partial charge in [0.25, 0.3) is 0 Å². The Kier molecular flexibility index (Phi) is 4.88. The van der Waals surface area contributed by atoms with Crippen LogP contribution < -0.4 is 4.90 Å². The van der Waals surface area contributed by atoms with Crippen LogP contribution >= 0.6 is 0 Å². The van der Waals surface area contributed by atoms with Crippen LogP contribution in [0.15, 0.2) is 36.7 Å². The molecule has 1 aliphatic rings. The fourth-order valence-corrected chi connectivity index (χ4v) is 3.12. The number of aliphatic hydroxyl groups is 1. The highest BCUT2D eigenvalue weighted by atomic mass is 16.3. The molecule has 3 rings (SSSR count). The first-order valence-electron chi connectivity index (χ1n) is 8.09. The molecule has 0 saturated carbocycles. The lowest BCUT2D eigenvalue weighted by atomic mass is 10.1. The van der Waals surface area contributed by atoms with Gasteiger partial charge in [-0.25, -0.2) is 4.98 Å². The van der Waals surface area contributed by atoms with Crippen molar-refractivity contribution in [3.63, 3.8) is 0 Å². The van der Waals surface area contributed by atoms with E-state index in [9.17, 15) is 5.11 Å². The lowest BCUT2D eigenvalue weighted by molar-refractivity contribution is 0.205. The molecule has 23 heavy (non-hydrogen) atoms. The summed E-state index contributed by atoms with van der Waals surface area (Å²) in [5.74, 6) is 0.986. The Hall–Kier alpha value is -1.98. The molecule has 1 N–H and O–H groups in total. The van der Waals surface area contributed by atoms with E-state index in [2.05, 4.69) is 33.0 Å². The molecule has 5 nitrogen and oxygen atoms in total. The van der Waals surface area contributed by atoms with Gasteiger partial charge in [0, 0.05) is 50.3 Å². The summed E-state index contributed by atoms with van der Waals surface area (Å²) >= 11 is 0. The third-order valence-corrected chi connectivity index (χ3v) is 4.49. The highest BCUT2D eigenvalue weighted by molar-refractivity contribution is 5.48. The number of aliphatic hydroxyl groups excluding tert-OH is 1. The number of rotatable bonds is 3. The number of hydrogen-bond acceptors (Lipinski definition) is 5. The smallest absolute Gasteiger partial charge is 0.133 e. The van der Waals surface area contributed by atoms with E-state index in [0.29, 0.717) is 0 Å². The number of anilines is 1. The van der Waals surface area contributed by atoms with Gasteiger partial charge in [0.2, 0.25) is 0 Å². The predicted molar refractivity (Wildman–Crippen MR) is 91.2 cm³/mol. The van der Waals surface area contributed by atoms with Gasteiger partial charge in [0.1, 0.15) is 5.82 Å². The van der Waals surface area contributed by atoms with E-state index in [0.717, 1.165) is 37.6 Å². The summed E-state index contributed by atoms with van der Waals surface area (Å²) in [5.41, 5.74) is 3.43. The largest absolute Gasteiger partial charge is 0.394 e. The second-order valence-electron chi connectivity index (χ2n) is 6.24. The van der Waals surface area contributed by atoms with Crippen molar-refractivity contribution in [1.82, 2.24) is 14.9 Å². The first-order valence-corrected chi connectivity index (χ1v) is 8.09. The molecule has 2 aromatic heterocycles. The zero-order valence-corrected chi connectivity index (χ0v) is 13.8. The Morgan fingerprint density at radius 2 is 2.17 bits per heavy atom. The van der Waals surface area contributed by atoms with Crippen LogP contribution in [0.3, 0.4) is 0 Å². The first-order chi connectivity index (χ1) is 11.2. The Bertz CT molecular complexity index is 647. The van der Waals surface area contributed by atoms with Gasteiger partial charge in [-0.3, -0.25) is 9.88 Å². The van der Waals surface area contributed by atoms with E-state index in [1.165, 1.54) is 11.1 Å². The topological polar surface area (TPSA) is 52.5 Å². The minimum atomic E-state index is 0.0970. The first kappa shape index (κ1) is 15.9. The molecule has 0 spiro atoms. The molecule has 5 heteroatoms. The maximum Gasteiger partial charge on any atom is 0.133 e. The van der Waals surface area contributed by atoms with Gasteiger partial charge in [-0.2, -0.15) is 0 Å². The Balaban J connectivity index is 1.88. The molecule has 0 fully saturated rings. The molecule has 0 unspecified atom stereocenters. The summed E-state index contributed by atoms with van der Waals surface area (Å²) in [7, 11) is 2.03. The van der Waals surface area contributed by atoms with Crippen LogP contribution in [-0.2, 0) is 13.1 Å². The molecule has 0 amide bonds. The second-order valence-corrected chi connectivity index (χ2v) is 6.24. The van der Waals surface area contributed by atoms with Crippen LogP contribution in [0.1, 0.15) is 23.2 Å². The molecular weight excluding hydrogens is 288 g/mol. The number of aromatic nitrogens is 2. The van der Waals surface area contributed by atoms with Crippen LogP contribution in [-0.4, -0.2) is 46.2 Å². The summed E-state index contributed by atoms with van der Waals surface area (Å²) in [4.78, 5) is 13.4. The van der Waals surface area contributed by atoms with E-state index < -0.39 is 0 Å². The van der Waals surface area contributed by atoms with Gasteiger partial charge in [-0.05, 0) is 31.0 Å². The lowest BCUT2D eigenvalue weighted by Crippen LogP contribution is -2.41. The summed E-state index contributed by atoms with van der Waals surface area (Å²) in [6, 6.07) is 8.40. The van der Waals surface area contributed by atoms with Crippen LogP contribution in [0, 0.1) is 6.92 Å².